The Balaban J connectivity index is 2.09. The molecule has 152 valence electrons. The van der Waals surface area contributed by atoms with Crippen LogP contribution in [-0.2, 0) is 14.3 Å². The fraction of sp³-hybridized carbons (Fsp3) is 0.182. The molecule has 2 aromatic carbocycles. The molecule has 0 saturated carbocycles. The maximum atomic E-state index is 13.1. The van der Waals surface area contributed by atoms with Gasteiger partial charge in [-0.05, 0) is 24.6 Å². The lowest BCUT2D eigenvalue weighted by molar-refractivity contribution is -0.139. The van der Waals surface area contributed by atoms with Gasteiger partial charge in [-0.2, -0.15) is 5.26 Å². The number of hydrogen-bond donors (Lipinski definition) is 2. The van der Waals surface area contributed by atoms with Gasteiger partial charge in [0.2, 0.25) is 0 Å². The van der Waals surface area contributed by atoms with E-state index in [1.807, 2.05) is 25.1 Å². The first-order valence-corrected chi connectivity index (χ1v) is 9.13. The zero-order chi connectivity index (χ0) is 21.8. The Morgan fingerprint density at radius 3 is 2.33 bits per heavy atom. The Labute approximate surface area is 173 Å². The van der Waals surface area contributed by atoms with Gasteiger partial charge in [0, 0.05) is 11.5 Å². The minimum atomic E-state index is -1.29. The predicted molar refractivity (Wildman–Crippen MR) is 107 cm³/mol. The normalized spacial score (nSPS) is 18.6. The SMILES string of the molecule is COC(=O)C1=C(N)N(NC(=O)c2ccccc2)C(=O)C(C#N)C1c1ccc(C)cc1. The van der Waals surface area contributed by atoms with E-state index < -0.39 is 29.6 Å². The lowest BCUT2D eigenvalue weighted by Crippen LogP contribution is -2.55. The summed E-state index contributed by atoms with van der Waals surface area (Å²) in [6.07, 6.45) is 0. The molecule has 0 saturated heterocycles. The molecule has 1 aliphatic rings. The second-order valence-electron chi connectivity index (χ2n) is 6.77. The van der Waals surface area contributed by atoms with E-state index in [1.54, 1.807) is 42.5 Å². The fourth-order valence-electron chi connectivity index (χ4n) is 3.32. The molecule has 30 heavy (non-hydrogen) atoms. The number of ether oxygens (including phenoxy) is 1. The number of nitriles is 1. The van der Waals surface area contributed by atoms with Gasteiger partial charge in [-0.15, -0.1) is 0 Å². The van der Waals surface area contributed by atoms with Crippen LogP contribution in [0.25, 0.3) is 0 Å². The number of amides is 2. The molecule has 0 radical (unpaired) electrons. The number of benzene rings is 2. The summed E-state index contributed by atoms with van der Waals surface area (Å²) in [6.45, 7) is 1.89. The Bertz CT molecular complexity index is 1050. The topological polar surface area (TPSA) is 126 Å². The van der Waals surface area contributed by atoms with Gasteiger partial charge in [-0.25, -0.2) is 9.80 Å². The van der Waals surface area contributed by atoms with Gasteiger partial charge in [0.1, 0.15) is 11.7 Å². The quantitative estimate of drug-likeness (QED) is 0.748. The smallest absolute Gasteiger partial charge is 0.338 e. The van der Waals surface area contributed by atoms with E-state index in [-0.39, 0.29) is 17.0 Å². The molecule has 2 aromatic rings. The van der Waals surface area contributed by atoms with Gasteiger partial charge in [0.05, 0.1) is 18.8 Å². The molecule has 0 aliphatic carbocycles. The third-order valence-electron chi connectivity index (χ3n) is 4.88. The van der Waals surface area contributed by atoms with Gasteiger partial charge in [0.25, 0.3) is 11.8 Å². The maximum Gasteiger partial charge on any atom is 0.338 e. The Morgan fingerprint density at radius 1 is 1.13 bits per heavy atom. The lowest BCUT2D eigenvalue weighted by Gasteiger charge is -2.36. The van der Waals surface area contributed by atoms with Gasteiger partial charge in [-0.1, -0.05) is 48.0 Å². The summed E-state index contributed by atoms with van der Waals surface area (Å²) in [5.41, 5.74) is 10.3. The Morgan fingerprint density at radius 2 is 1.77 bits per heavy atom. The van der Waals surface area contributed by atoms with Crippen LogP contribution in [0, 0.1) is 24.2 Å². The molecule has 0 spiro atoms. The number of hydrogen-bond acceptors (Lipinski definition) is 6. The molecular weight excluding hydrogens is 384 g/mol. The van der Waals surface area contributed by atoms with Crippen LogP contribution in [0.5, 0.6) is 0 Å². The summed E-state index contributed by atoms with van der Waals surface area (Å²) in [4.78, 5) is 38.2. The number of nitrogens with zero attached hydrogens (tertiary/aromatic N) is 2. The van der Waals surface area contributed by atoms with E-state index in [0.717, 1.165) is 10.6 Å². The Hall–Kier alpha value is -4.12. The van der Waals surface area contributed by atoms with E-state index in [0.29, 0.717) is 5.56 Å². The van der Waals surface area contributed by atoms with Crippen molar-refractivity contribution in [2.45, 2.75) is 12.8 Å². The minimum absolute atomic E-state index is 0.0686. The van der Waals surface area contributed by atoms with Crippen molar-refractivity contribution in [2.24, 2.45) is 11.7 Å². The second-order valence-corrected chi connectivity index (χ2v) is 6.77. The Kier molecular flexibility index (Phi) is 5.83. The van der Waals surface area contributed by atoms with Gasteiger partial charge < -0.3 is 10.5 Å². The van der Waals surface area contributed by atoms with Crippen LogP contribution < -0.4 is 11.2 Å². The van der Waals surface area contributed by atoms with Crippen LogP contribution in [0.1, 0.15) is 27.4 Å². The van der Waals surface area contributed by atoms with Crippen molar-refractivity contribution in [3.8, 4) is 6.07 Å². The van der Waals surface area contributed by atoms with Crippen LogP contribution in [-0.4, -0.2) is 29.9 Å². The monoisotopic (exact) mass is 404 g/mol. The average molecular weight is 404 g/mol. The lowest BCUT2D eigenvalue weighted by atomic mass is 9.78. The van der Waals surface area contributed by atoms with E-state index in [9.17, 15) is 19.6 Å². The molecular formula is C22H20N4O4. The number of esters is 1. The molecule has 1 heterocycles. The largest absolute Gasteiger partial charge is 0.466 e. The summed E-state index contributed by atoms with van der Waals surface area (Å²) >= 11 is 0. The van der Waals surface area contributed by atoms with Crippen molar-refractivity contribution in [1.82, 2.24) is 10.4 Å². The minimum Gasteiger partial charge on any atom is -0.466 e. The van der Waals surface area contributed by atoms with Crippen LogP contribution in [0.2, 0.25) is 0 Å². The molecule has 8 heteroatoms. The van der Waals surface area contributed by atoms with Crippen LogP contribution >= 0.6 is 0 Å². The van der Waals surface area contributed by atoms with E-state index in [4.69, 9.17) is 10.5 Å². The number of carbonyl (C=O) groups is 3. The molecule has 8 nitrogen and oxygen atoms in total. The first-order chi connectivity index (χ1) is 14.4. The highest BCUT2D eigenvalue weighted by molar-refractivity contribution is 6.00. The number of hydrazine groups is 1. The van der Waals surface area contributed by atoms with Gasteiger partial charge in [-0.3, -0.25) is 15.0 Å². The van der Waals surface area contributed by atoms with Crippen molar-refractivity contribution >= 4 is 17.8 Å². The van der Waals surface area contributed by atoms with Crippen LogP contribution in [0.15, 0.2) is 66.0 Å². The fourth-order valence-corrected chi connectivity index (χ4v) is 3.32. The second kappa shape index (κ2) is 8.49. The summed E-state index contributed by atoms with van der Waals surface area (Å²) in [6, 6.07) is 17.2. The molecule has 0 aromatic heterocycles. The first kappa shape index (κ1) is 20.6. The van der Waals surface area contributed by atoms with Crippen LogP contribution in [0.4, 0.5) is 0 Å². The highest BCUT2D eigenvalue weighted by atomic mass is 16.5. The number of nitrogens with two attached hydrogens (primary N) is 1. The molecule has 3 N–H and O–H groups in total. The van der Waals surface area contributed by atoms with E-state index >= 15 is 0 Å². The summed E-state index contributed by atoms with van der Waals surface area (Å²) in [5, 5.41) is 10.5. The highest BCUT2D eigenvalue weighted by Gasteiger charge is 2.46. The zero-order valence-corrected chi connectivity index (χ0v) is 16.5. The van der Waals surface area contributed by atoms with Gasteiger partial charge >= 0.3 is 5.97 Å². The summed E-state index contributed by atoms with van der Waals surface area (Å²) < 4.78 is 4.86. The number of carbonyl (C=O) groups excluding carboxylic acids is 3. The molecule has 1 aliphatic heterocycles. The van der Waals surface area contributed by atoms with E-state index in [2.05, 4.69) is 5.43 Å². The number of nitrogens with one attached hydrogen (secondary N) is 1. The first-order valence-electron chi connectivity index (χ1n) is 9.13. The van der Waals surface area contributed by atoms with Crippen LogP contribution in [0.3, 0.4) is 0 Å². The molecule has 2 amide bonds. The third-order valence-corrected chi connectivity index (χ3v) is 4.88. The summed E-state index contributed by atoms with van der Waals surface area (Å²) in [7, 11) is 1.18. The average Bonchev–Trinajstić information content (AvgIpc) is 2.77. The molecule has 0 bridgehead atoms. The third kappa shape index (κ3) is 3.73. The van der Waals surface area contributed by atoms with Gasteiger partial charge in [0.15, 0.2) is 0 Å². The molecule has 3 rings (SSSR count). The van der Waals surface area contributed by atoms with Crippen molar-refractivity contribution in [3.63, 3.8) is 0 Å². The summed E-state index contributed by atoms with van der Waals surface area (Å²) in [5.74, 6) is -4.64. The van der Waals surface area contributed by atoms with E-state index in [1.165, 1.54) is 7.11 Å². The zero-order valence-electron chi connectivity index (χ0n) is 16.5. The van der Waals surface area contributed by atoms with Crippen molar-refractivity contribution in [2.75, 3.05) is 7.11 Å². The molecule has 0 fully saturated rings. The van der Waals surface area contributed by atoms with Crippen molar-refractivity contribution < 1.29 is 19.1 Å². The maximum absolute atomic E-state index is 13.1. The van der Waals surface area contributed by atoms with Crippen molar-refractivity contribution in [1.29, 1.82) is 5.26 Å². The number of aryl methyl sites for hydroxylation is 1. The predicted octanol–water partition coefficient (Wildman–Crippen LogP) is 1.75. The van der Waals surface area contributed by atoms with Crippen molar-refractivity contribution in [3.05, 3.63) is 82.7 Å². The number of methoxy groups -OCH3 is 1. The molecule has 2 atom stereocenters. The number of rotatable bonds is 4. The standard InChI is InChI=1S/C22H20N4O4/c1-13-8-10-14(11-9-13)17-16(12-23)21(28)26(19(24)18(17)22(29)30-2)25-20(27)15-6-4-3-5-7-15/h3-11,16-17H,24H2,1-2H3,(H,25,27). The molecule has 2 unspecified atom stereocenters. The highest BCUT2D eigenvalue weighted by Crippen LogP contribution is 2.39.